The van der Waals surface area contributed by atoms with Gasteiger partial charge in [-0.2, -0.15) is 0 Å². The van der Waals surface area contributed by atoms with Crippen LogP contribution in [0.25, 0.3) is 54.9 Å². The van der Waals surface area contributed by atoms with Crippen LogP contribution in [-0.4, -0.2) is 0 Å². The van der Waals surface area contributed by atoms with E-state index in [1.807, 2.05) is 0 Å². The van der Waals surface area contributed by atoms with Crippen LogP contribution >= 0.6 is 0 Å². The van der Waals surface area contributed by atoms with Gasteiger partial charge in [-0.15, -0.1) is 0 Å². The largest absolute Gasteiger partial charge is 0.310 e. The van der Waals surface area contributed by atoms with E-state index in [0.29, 0.717) is 0 Å². The lowest BCUT2D eigenvalue weighted by molar-refractivity contribution is 0.332. The number of aryl methyl sites for hydroxylation is 1. The highest BCUT2D eigenvalue weighted by Gasteiger charge is 2.38. The molecule has 0 aromatic heterocycles. The molecule has 54 heavy (non-hydrogen) atoms. The lowest BCUT2D eigenvalue weighted by atomic mass is 9.63. The second-order valence-corrected chi connectivity index (χ2v) is 16.5. The molecule has 0 bridgehead atoms. The van der Waals surface area contributed by atoms with Crippen LogP contribution < -0.4 is 4.90 Å². The van der Waals surface area contributed by atoms with Gasteiger partial charge in [-0.3, -0.25) is 0 Å². The molecule has 0 N–H and O–H groups in total. The smallest absolute Gasteiger partial charge is 0.0493 e. The molecule has 9 rings (SSSR count). The summed E-state index contributed by atoms with van der Waals surface area (Å²) in [6, 6.07) is 62.8. The summed E-state index contributed by atoms with van der Waals surface area (Å²) < 4.78 is 0. The maximum absolute atomic E-state index is 2.51. The lowest BCUT2D eigenvalue weighted by Crippen LogP contribution is -2.34. The molecule has 0 unspecified atom stereocenters. The zero-order valence-electron chi connectivity index (χ0n) is 32.0. The molecular weight excluding hydrogens is 651 g/mol. The highest BCUT2D eigenvalue weighted by molar-refractivity contribution is 6.13. The normalized spacial score (nSPS) is 14.5. The third-order valence-corrected chi connectivity index (χ3v) is 12.1. The average molecular weight is 698 g/mol. The van der Waals surface area contributed by atoms with Crippen LogP contribution in [0.3, 0.4) is 0 Å². The Labute approximate surface area is 320 Å². The van der Waals surface area contributed by atoms with Crippen molar-refractivity contribution in [2.45, 2.75) is 58.3 Å². The maximum Gasteiger partial charge on any atom is 0.0493 e. The number of nitrogens with zero attached hydrogens (tertiary/aromatic N) is 1. The molecule has 0 heterocycles. The first kappa shape index (κ1) is 33.9. The van der Waals surface area contributed by atoms with Crippen molar-refractivity contribution in [3.05, 3.63) is 187 Å². The zero-order chi connectivity index (χ0) is 37.0. The predicted molar refractivity (Wildman–Crippen MR) is 232 cm³/mol. The average Bonchev–Trinajstić information content (AvgIpc) is 3.21. The number of benzene rings is 8. The van der Waals surface area contributed by atoms with E-state index in [9.17, 15) is 0 Å². The van der Waals surface area contributed by atoms with Gasteiger partial charge in [0.25, 0.3) is 0 Å². The minimum atomic E-state index is 0.107. The first-order valence-corrected chi connectivity index (χ1v) is 19.4. The van der Waals surface area contributed by atoms with Gasteiger partial charge in [0, 0.05) is 17.1 Å². The fourth-order valence-corrected chi connectivity index (χ4v) is 8.75. The molecule has 8 aromatic rings. The molecule has 0 fully saturated rings. The molecule has 0 atom stereocenters. The number of hydrogen-bond acceptors (Lipinski definition) is 1. The first-order chi connectivity index (χ1) is 26.2. The van der Waals surface area contributed by atoms with E-state index in [2.05, 4.69) is 209 Å². The predicted octanol–water partition coefficient (Wildman–Crippen LogP) is 15.1. The van der Waals surface area contributed by atoms with Crippen molar-refractivity contribution < 1.29 is 0 Å². The van der Waals surface area contributed by atoms with Crippen LogP contribution in [0.4, 0.5) is 17.1 Å². The van der Waals surface area contributed by atoms with E-state index in [1.54, 1.807) is 0 Å². The van der Waals surface area contributed by atoms with E-state index in [-0.39, 0.29) is 10.8 Å². The topological polar surface area (TPSA) is 3.24 Å². The van der Waals surface area contributed by atoms with E-state index in [1.165, 1.54) is 90.1 Å². The SMILES string of the molecule is Cc1cc2c(cc1N(c1ccc(-c3ccc(-c4ccccc4)cc3)cc1)c1ccc(-c3cc4ccccc4c4ccccc34)cc1)C(C)(C)CCC2(C)C. The molecular formula is C53H47N. The third kappa shape index (κ3) is 5.99. The van der Waals surface area contributed by atoms with Gasteiger partial charge in [0.2, 0.25) is 0 Å². The van der Waals surface area contributed by atoms with Crippen LogP contribution in [0.5, 0.6) is 0 Å². The molecule has 0 radical (unpaired) electrons. The molecule has 264 valence electrons. The van der Waals surface area contributed by atoms with Crippen LogP contribution in [0.1, 0.15) is 57.2 Å². The molecule has 8 aromatic carbocycles. The highest BCUT2D eigenvalue weighted by Crippen LogP contribution is 2.49. The molecule has 1 nitrogen and oxygen atoms in total. The van der Waals surface area contributed by atoms with Crippen molar-refractivity contribution in [1.82, 2.24) is 0 Å². The second-order valence-electron chi connectivity index (χ2n) is 16.5. The van der Waals surface area contributed by atoms with Gasteiger partial charge in [0.05, 0.1) is 0 Å². The van der Waals surface area contributed by atoms with Gasteiger partial charge in [0.15, 0.2) is 0 Å². The monoisotopic (exact) mass is 697 g/mol. The first-order valence-electron chi connectivity index (χ1n) is 19.4. The van der Waals surface area contributed by atoms with Gasteiger partial charge in [-0.05, 0) is 139 Å². The number of fused-ring (bicyclic) bond motifs is 4. The summed E-state index contributed by atoms with van der Waals surface area (Å²) >= 11 is 0. The molecule has 0 amide bonds. The summed E-state index contributed by atoms with van der Waals surface area (Å²) in [6.07, 6.45) is 2.38. The molecule has 0 saturated carbocycles. The Morgan fingerprint density at radius 1 is 0.407 bits per heavy atom. The molecule has 1 heteroatoms. The van der Waals surface area contributed by atoms with Gasteiger partial charge in [-0.25, -0.2) is 0 Å². The van der Waals surface area contributed by atoms with Gasteiger partial charge in [-0.1, -0.05) is 161 Å². The molecule has 1 aliphatic carbocycles. The number of anilines is 3. The van der Waals surface area contributed by atoms with Crippen molar-refractivity contribution >= 4 is 38.6 Å². The Hall–Kier alpha value is -5.92. The number of hydrogen-bond donors (Lipinski definition) is 0. The van der Waals surface area contributed by atoms with E-state index in [4.69, 9.17) is 0 Å². The minimum Gasteiger partial charge on any atom is -0.310 e. The Bertz CT molecular complexity index is 2630. The zero-order valence-corrected chi connectivity index (χ0v) is 32.0. The summed E-state index contributed by atoms with van der Waals surface area (Å²) in [5.41, 5.74) is 15.4. The molecule has 0 aliphatic heterocycles. The standard InChI is InChI=1S/C53H47N/c1-36-33-49-50(53(4,5)32-31-52(49,2)3)35-51(36)54(43-27-23-40(24-28-43)39-21-19-38(20-22-39)37-13-7-6-8-14-37)44-29-25-41(26-30-44)48-34-42-15-9-10-16-45(42)46-17-11-12-18-47(46)48/h6-30,33-35H,31-32H2,1-5H3. The highest BCUT2D eigenvalue weighted by atomic mass is 15.1. The third-order valence-electron chi connectivity index (χ3n) is 12.1. The maximum atomic E-state index is 2.51. The summed E-state index contributed by atoms with van der Waals surface area (Å²) in [6.45, 7) is 12.0. The number of rotatable bonds is 6. The van der Waals surface area contributed by atoms with E-state index < -0.39 is 0 Å². The van der Waals surface area contributed by atoms with Gasteiger partial charge >= 0.3 is 0 Å². The Morgan fingerprint density at radius 3 is 1.44 bits per heavy atom. The van der Waals surface area contributed by atoms with E-state index >= 15 is 0 Å². The Balaban J connectivity index is 1.15. The van der Waals surface area contributed by atoms with Crippen molar-refractivity contribution in [2.24, 2.45) is 0 Å². The fourth-order valence-electron chi connectivity index (χ4n) is 8.75. The van der Waals surface area contributed by atoms with Crippen molar-refractivity contribution in [2.75, 3.05) is 4.90 Å². The Kier molecular flexibility index (Phi) is 8.27. The van der Waals surface area contributed by atoms with E-state index in [0.717, 1.165) is 11.4 Å². The summed E-state index contributed by atoms with van der Waals surface area (Å²) in [5, 5.41) is 5.14. The van der Waals surface area contributed by atoms with Gasteiger partial charge in [0.1, 0.15) is 0 Å². The lowest BCUT2D eigenvalue weighted by Gasteiger charge is -2.43. The van der Waals surface area contributed by atoms with Crippen molar-refractivity contribution in [1.29, 1.82) is 0 Å². The van der Waals surface area contributed by atoms with Crippen LogP contribution in [0, 0.1) is 6.92 Å². The molecule has 1 aliphatic rings. The minimum absolute atomic E-state index is 0.107. The van der Waals surface area contributed by atoms with Gasteiger partial charge < -0.3 is 4.90 Å². The summed E-state index contributed by atoms with van der Waals surface area (Å²) in [4.78, 5) is 2.47. The fraction of sp³-hybridized carbons (Fsp3) is 0.170. The van der Waals surface area contributed by atoms with Crippen molar-refractivity contribution in [3.63, 3.8) is 0 Å². The molecule has 0 saturated heterocycles. The molecule has 0 spiro atoms. The summed E-state index contributed by atoms with van der Waals surface area (Å²) in [7, 11) is 0. The van der Waals surface area contributed by atoms with Crippen molar-refractivity contribution in [3.8, 4) is 33.4 Å². The Morgan fingerprint density at radius 2 is 0.852 bits per heavy atom. The van der Waals surface area contributed by atoms with Crippen LogP contribution in [0.15, 0.2) is 170 Å². The quantitative estimate of drug-likeness (QED) is 0.156. The van der Waals surface area contributed by atoms with Crippen LogP contribution in [0.2, 0.25) is 0 Å². The second kappa shape index (κ2) is 13.2. The summed E-state index contributed by atoms with van der Waals surface area (Å²) in [5.74, 6) is 0. The van der Waals surface area contributed by atoms with Crippen LogP contribution in [-0.2, 0) is 10.8 Å².